The molecule has 0 aromatic heterocycles. The van der Waals surface area contributed by atoms with E-state index in [1.54, 1.807) is 6.07 Å². The zero-order chi connectivity index (χ0) is 20.5. The molecule has 0 fully saturated rings. The van der Waals surface area contributed by atoms with Gasteiger partial charge in [-0.1, -0.05) is 54.2 Å². The van der Waals surface area contributed by atoms with Crippen molar-refractivity contribution in [3.63, 3.8) is 0 Å². The van der Waals surface area contributed by atoms with E-state index in [-0.39, 0.29) is 28.8 Å². The first-order chi connectivity index (χ1) is 13.4. The molecule has 2 aromatic carbocycles. The average molecular weight is 440 g/mol. The molecule has 5 nitrogen and oxygen atoms in total. The second-order valence-electron chi connectivity index (χ2n) is 6.21. The fourth-order valence-electron chi connectivity index (χ4n) is 2.69. The SMILES string of the molecule is COC(=O)C(NC(=O)C(CSC(C)=O)Cc1ccccc1)c1cccc(F)c1.Cl. The quantitative estimate of drug-likeness (QED) is 0.635. The van der Waals surface area contributed by atoms with Gasteiger partial charge < -0.3 is 10.1 Å². The first-order valence-electron chi connectivity index (χ1n) is 8.71. The van der Waals surface area contributed by atoms with E-state index in [9.17, 15) is 18.8 Å². The molecule has 1 amide bonds. The standard InChI is InChI=1S/C21H22FNO4S.ClH/c1-14(24)28-13-17(11-15-7-4-3-5-8-15)20(25)23-19(21(26)27-2)16-9-6-10-18(22)12-16;/h3-10,12,17,19H,11,13H2,1-2H3,(H,23,25);1H. The summed E-state index contributed by atoms with van der Waals surface area (Å²) >= 11 is 1.05. The number of rotatable bonds is 8. The van der Waals surface area contributed by atoms with Crippen LogP contribution in [-0.4, -0.2) is 29.9 Å². The molecule has 2 aromatic rings. The van der Waals surface area contributed by atoms with Crippen LogP contribution in [0.15, 0.2) is 54.6 Å². The third-order valence-corrected chi connectivity index (χ3v) is 5.06. The number of esters is 1. The zero-order valence-corrected chi connectivity index (χ0v) is 17.7. The highest BCUT2D eigenvalue weighted by molar-refractivity contribution is 8.13. The summed E-state index contributed by atoms with van der Waals surface area (Å²) in [5.74, 6) is -1.90. The summed E-state index contributed by atoms with van der Waals surface area (Å²) in [6.07, 6.45) is 0.407. The van der Waals surface area contributed by atoms with E-state index < -0.39 is 29.7 Å². The number of carbonyl (C=O) groups is 3. The molecular formula is C21H23ClFNO4S. The fraction of sp³-hybridized carbons (Fsp3) is 0.286. The first kappa shape index (κ1) is 24.7. The Balaban J connectivity index is 0.00000420. The monoisotopic (exact) mass is 439 g/mol. The zero-order valence-electron chi connectivity index (χ0n) is 16.1. The lowest BCUT2D eigenvalue weighted by Crippen LogP contribution is -2.40. The molecule has 0 radical (unpaired) electrons. The predicted octanol–water partition coefficient (Wildman–Crippen LogP) is 3.72. The van der Waals surface area contributed by atoms with Crippen LogP contribution in [0.25, 0.3) is 0 Å². The molecule has 0 bridgehead atoms. The van der Waals surface area contributed by atoms with Crippen molar-refractivity contribution in [2.75, 3.05) is 12.9 Å². The highest BCUT2D eigenvalue weighted by Gasteiger charge is 2.28. The number of amides is 1. The van der Waals surface area contributed by atoms with Crippen LogP contribution in [0.4, 0.5) is 4.39 Å². The van der Waals surface area contributed by atoms with Gasteiger partial charge in [0.05, 0.1) is 13.0 Å². The number of benzene rings is 2. The van der Waals surface area contributed by atoms with Gasteiger partial charge in [0.15, 0.2) is 11.2 Å². The van der Waals surface area contributed by atoms with Gasteiger partial charge in [-0.2, -0.15) is 0 Å². The largest absolute Gasteiger partial charge is 0.467 e. The number of hydrogen-bond acceptors (Lipinski definition) is 5. The van der Waals surface area contributed by atoms with Crippen molar-refractivity contribution in [1.29, 1.82) is 0 Å². The molecule has 0 aliphatic heterocycles. The number of methoxy groups -OCH3 is 1. The summed E-state index contributed by atoms with van der Waals surface area (Å²) in [7, 11) is 1.20. The van der Waals surface area contributed by atoms with Crippen LogP contribution < -0.4 is 5.32 Å². The van der Waals surface area contributed by atoms with Crippen LogP contribution in [-0.2, 0) is 25.5 Å². The summed E-state index contributed by atoms with van der Waals surface area (Å²) < 4.78 is 18.4. The molecule has 1 N–H and O–H groups in total. The van der Waals surface area contributed by atoms with Gasteiger partial charge in [-0.3, -0.25) is 9.59 Å². The van der Waals surface area contributed by atoms with Crippen molar-refractivity contribution < 1.29 is 23.5 Å². The topological polar surface area (TPSA) is 72.5 Å². The second-order valence-corrected chi connectivity index (χ2v) is 7.41. The Hall–Kier alpha value is -2.38. The molecule has 0 aliphatic carbocycles. The minimum atomic E-state index is -1.13. The minimum Gasteiger partial charge on any atom is -0.467 e. The number of hydrogen-bond donors (Lipinski definition) is 1. The van der Waals surface area contributed by atoms with Gasteiger partial charge >= 0.3 is 5.97 Å². The molecule has 8 heteroatoms. The highest BCUT2D eigenvalue weighted by atomic mass is 35.5. The lowest BCUT2D eigenvalue weighted by molar-refractivity contribution is -0.145. The van der Waals surface area contributed by atoms with E-state index in [0.717, 1.165) is 17.3 Å². The molecule has 2 unspecified atom stereocenters. The van der Waals surface area contributed by atoms with Crippen LogP contribution in [0, 0.1) is 11.7 Å². The van der Waals surface area contributed by atoms with Crippen molar-refractivity contribution >= 4 is 41.2 Å². The number of ether oxygens (including phenoxy) is 1. The van der Waals surface area contributed by atoms with Crippen LogP contribution in [0.5, 0.6) is 0 Å². The highest BCUT2D eigenvalue weighted by Crippen LogP contribution is 2.20. The Morgan fingerprint density at radius 1 is 1.10 bits per heavy atom. The number of halogens is 2. The van der Waals surface area contributed by atoms with Gasteiger partial charge in [-0.15, -0.1) is 12.4 Å². The first-order valence-corrected chi connectivity index (χ1v) is 9.70. The van der Waals surface area contributed by atoms with Crippen molar-refractivity contribution in [3.8, 4) is 0 Å². The summed E-state index contributed by atoms with van der Waals surface area (Å²) in [6, 6.07) is 13.7. The van der Waals surface area contributed by atoms with Crippen LogP contribution in [0.3, 0.4) is 0 Å². The van der Waals surface area contributed by atoms with Crippen LogP contribution in [0.1, 0.15) is 24.1 Å². The summed E-state index contributed by atoms with van der Waals surface area (Å²) in [5.41, 5.74) is 1.23. The van der Waals surface area contributed by atoms with Gasteiger partial charge in [0.2, 0.25) is 5.91 Å². The van der Waals surface area contributed by atoms with Gasteiger partial charge in [-0.05, 0) is 29.7 Å². The van der Waals surface area contributed by atoms with Gasteiger partial charge in [0.25, 0.3) is 0 Å². The summed E-state index contributed by atoms with van der Waals surface area (Å²) in [6.45, 7) is 1.44. The Labute approximate surface area is 179 Å². The molecule has 0 aliphatic rings. The second kappa shape index (κ2) is 12.2. The molecular weight excluding hydrogens is 417 g/mol. The van der Waals surface area contributed by atoms with E-state index in [1.165, 1.54) is 32.2 Å². The summed E-state index contributed by atoms with van der Waals surface area (Å²) in [4.78, 5) is 36.5. The van der Waals surface area contributed by atoms with Crippen LogP contribution >= 0.6 is 24.2 Å². The lowest BCUT2D eigenvalue weighted by Gasteiger charge is -2.21. The Morgan fingerprint density at radius 3 is 2.38 bits per heavy atom. The van der Waals surface area contributed by atoms with Crippen molar-refractivity contribution in [1.82, 2.24) is 5.32 Å². The fourth-order valence-corrected chi connectivity index (χ4v) is 3.39. The van der Waals surface area contributed by atoms with E-state index in [1.807, 2.05) is 30.3 Å². The van der Waals surface area contributed by atoms with E-state index in [2.05, 4.69) is 5.32 Å². The van der Waals surface area contributed by atoms with E-state index in [4.69, 9.17) is 4.74 Å². The predicted molar refractivity (Wildman–Crippen MR) is 113 cm³/mol. The third kappa shape index (κ3) is 7.87. The van der Waals surface area contributed by atoms with E-state index in [0.29, 0.717) is 6.42 Å². The lowest BCUT2D eigenvalue weighted by atomic mass is 9.99. The third-order valence-electron chi connectivity index (χ3n) is 4.09. The van der Waals surface area contributed by atoms with Crippen LogP contribution in [0.2, 0.25) is 0 Å². The molecule has 0 spiro atoms. The minimum absolute atomic E-state index is 0. The normalized spacial score (nSPS) is 12.2. The maximum absolute atomic E-state index is 13.6. The smallest absolute Gasteiger partial charge is 0.333 e. The number of carbonyl (C=O) groups excluding carboxylic acids is 3. The molecule has 0 heterocycles. The molecule has 29 heavy (non-hydrogen) atoms. The Bertz CT molecular complexity index is 834. The molecule has 156 valence electrons. The van der Waals surface area contributed by atoms with Gasteiger partial charge in [0.1, 0.15) is 5.82 Å². The maximum Gasteiger partial charge on any atom is 0.333 e. The van der Waals surface area contributed by atoms with Crippen molar-refractivity contribution in [3.05, 3.63) is 71.5 Å². The molecule has 0 saturated heterocycles. The molecule has 2 rings (SSSR count). The van der Waals surface area contributed by atoms with Gasteiger partial charge in [-0.25, -0.2) is 9.18 Å². The maximum atomic E-state index is 13.6. The molecule has 0 saturated carbocycles. The van der Waals surface area contributed by atoms with Gasteiger partial charge in [0, 0.05) is 12.7 Å². The van der Waals surface area contributed by atoms with Crippen molar-refractivity contribution in [2.45, 2.75) is 19.4 Å². The Kier molecular flexibility index (Phi) is 10.4. The van der Waals surface area contributed by atoms with Crippen molar-refractivity contribution in [2.24, 2.45) is 5.92 Å². The average Bonchev–Trinajstić information content (AvgIpc) is 2.69. The van der Waals surface area contributed by atoms with E-state index >= 15 is 0 Å². The number of nitrogens with one attached hydrogen (secondary N) is 1. The number of thioether (sulfide) groups is 1. The Morgan fingerprint density at radius 2 is 1.79 bits per heavy atom. The molecule has 2 atom stereocenters. The summed E-state index contributed by atoms with van der Waals surface area (Å²) in [5, 5.41) is 2.55.